The van der Waals surface area contributed by atoms with Crippen LogP contribution in [0.5, 0.6) is 0 Å². The number of nitriles is 1. The Hall–Kier alpha value is -3.29. The highest BCUT2D eigenvalue weighted by molar-refractivity contribution is 6.30. The zero-order valence-electron chi connectivity index (χ0n) is 13.9. The molecule has 3 rings (SSSR count). The number of furan rings is 1. The molecule has 3 aromatic rings. The fourth-order valence-corrected chi connectivity index (χ4v) is 2.55. The van der Waals surface area contributed by atoms with Crippen molar-refractivity contribution in [1.29, 1.82) is 5.26 Å². The Morgan fingerprint density at radius 1 is 1.04 bits per heavy atom. The van der Waals surface area contributed by atoms with E-state index in [9.17, 15) is 10.1 Å². The molecule has 128 valence electrons. The normalized spacial score (nSPS) is 11.0. The van der Waals surface area contributed by atoms with E-state index in [2.05, 4.69) is 10.8 Å². The summed E-state index contributed by atoms with van der Waals surface area (Å²) in [4.78, 5) is 11.5. The molecule has 0 aliphatic rings. The average molecular weight is 364 g/mol. The number of nitrogens with zero attached hydrogens (tertiary/aromatic N) is 1. The van der Waals surface area contributed by atoms with Crippen molar-refractivity contribution in [1.82, 2.24) is 0 Å². The minimum absolute atomic E-state index is 0.388. The molecular weight excluding hydrogens is 350 g/mol. The van der Waals surface area contributed by atoms with Crippen LogP contribution in [0.25, 0.3) is 23.0 Å². The number of benzene rings is 2. The number of rotatable bonds is 4. The van der Waals surface area contributed by atoms with Crippen LogP contribution in [0.3, 0.4) is 0 Å². The van der Waals surface area contributed by atoms with Crippen LogP contribution in [-0.2, 0) is 4.74 Å². The molecule has 0 atom stereocenters. The van der Waals surface area contributed by atoms with E-state index in [-0.39, 0.29) is 5.97 Å². The summed E-state index contributed by atoms with van der Waals surface area (Å²) in [7, 11) is 1.34. The maximum absolute atomic E-state index is 11.5. The molecular formula is C21H14ClNO3. The molecule has 1 aromatic heterocycles. The molecule has 0 N–H and O–H groups in total. The fraction of sp³-hybridized carbons (Fsp3) is 0.0476. The summed E-state index contributed by atoms with van der Waals surface area (Å²) in [5, 5.41) is 10.0. The highest BCUT2D eigenvalue weighted by Gasteiger charge is 2.09. The summed E-state index contributed by atoms with van der Waals surface area (Å²) in [6, 6.07) is 19.7. The number of allylic oxidation sites excluding steroid dienone is 1. The molecule has 0 bridgehead atoms. The number of carbonyl (C=O) groups excluding carboxylic acids is 1. The lowest BCUT2D eigenvalue weighted by Crippen LogP contribution is -2.00. The number of halogens is 1. The predicted octanol–water partition coefficient (Wildman–Crippen LogP) is 5.45. The van der Waals surface area contributed by atoms with E-state index in [4.69, 9.17) is 16.0 Å². The number of hydrogen-bond acceptors (Lipinski definition) is 4. The Labute approximate surface area is 155 Å². The van der Waals surface area contributed by atoms with Crippen molar-refractivity contribution in [2.45, 2.75) is 0 Å². The first-order chi connectivity index (χ1) is 12.6. The van der Waals surface area contributed by atoms with Gasteiger partial charge in [0.05, 0.1) is 24.3 Å². The van der Waals surface area contributed by atoms with Gasteiger partial charge in [0.25, 0.3) is 0 Å². The molecule has 0 unspecified atom stereocenters. The largest absolute Gasteiger partial charge is 0.465 e. The SMILES string of the molecule is COC(=O)c1ccc(-c2ccc(/C=C(/C#N)c3ccc(Cl)cc3)o2)cc1. The zero-order valence-corrected chi connectivity index (χ0v) is 14.7. The summed E-state index contributed by atoms with van der Waals surface area (Å²) in [6.45, 7) is 0. The van der Waals surface area contributed by atoms with E-state index in [0.29, 0.717) is 27.7 Å². The van der Waals surface area contributed by atoms with Gasteiger partial charge in [-0.05, 0) is 48.0 Å². The number of esters is 1. The standard InChI is InChI=1S/C21H14ClNO3/c1-25-21(24)16-4-2-15(3-5-16)20-11-10-19(26-20)12-17(13-23)14-6-8-18(22)9-7-14/h2-12H,1H3/b17-12-. The summed E-state index contributed by atoms with van der Waals surface area (Å²) < 4.78 is 10.5. The molecule has 0 fully saturated rings. The Balaban J connectivity index is 1.86. The highest BCUT2D eigenvalue weighted by atomic mass is 35.5. The van der Waals surface area contributed by atoms with Crippen molar-refractivity contribution >= 4 is 29.2 Å². The Morgan fingerprint density at radius 2 is 1.69 bits per heavy atom. The smallest absolute Gasteiger partial charge is 0.337 e. The third-order valence-corrected chi connectivity index (χ3v) is 4.03. The highest BCUT2D eigenvalue weighted by Crippen LogP contribution is 2.26. The van der Waals surface area contributed by atoms with E-state index in [1.54, 1.807) is 60.7 Å². The van der Waals surface area contributed by atoms with E-state index in [1.807, 2.05) is 6.07 Å². The number of ether oxygens (including phenoxy) is 1. The van der Waals surface area contributed by atoms with Gasteiger partial charge in [-0.1, -0.05) is 35.9 Å². The van der Waals surface area contributed by atoms with Crippen molar-refractivity contribution in [3.63, 3.8) is 0 Å². The van der Waals surface area contributed by atoms with Crippen LogP contribution in [0.15, 0.2) is 65.1 Å². The number of carbonyl (C=O) groups is 1. The first kappa shape index (κ1) is 17.5. The third-order valence-electron chi connectivity index (χ3n) is 3.78. The van der Waals surface area contributed by atoms with Crippen LogP contribution in [0.1, 0.15) is 21.7 Å². The Morgan fingerprint density at radius 3 is 2.31 bits per heavy atom. The molecule has 2 aromatic carbocycles. The topological polar surface area (TPSA) is 63.2 Å². The maximum Gasteiger partial charge on any atom is 0.337 e. The minimum atomic E-state index is -0.388. The van der Waals surface area contributed by atoms with E-state index >= 15 is 0 Å². The quantitative estimate of drug-likeness (QED) is 0.456. The van der Waals surface area contributed by atoms with Crippen LogP contribution in [0, 0.1) is 11.3 Å². The molecule has 0 amide bonds. The lowest BCUT2D eigenvalue weighted by Gasteiger charge is -2.01. The predicted molar refractivity (Wildman–Crippen MR) is 100 cm³/mol. The van der Waals surface area contributed by atoms with Gasteiger partial charge in [-0.15, -0.1) is 0 Å². The molecule has 0 spiro atoms. The van der Waals surface area contributed by atoms with Crippen molar-refractivity contribution in [2.75, 3.05) is 7.11 Å². The van der Waals surface area contributed by atoms with Gasteiger partial charge in [-0.2, -0.15) is 5.26 Å². The molecule has 0 radical (unpaired) electrons. The number of methoxy groups -OCH3 is 1. The Kier molecular flexibility index (Phi) is 5.21. The van der Waals surface area contributed by atoms with Crippen LogP contribution < -0.4 is 0 Å². The van der Waals surface area contributed by atoms with Crippen LogP contribution in [0.2, 0.25) is 5.02 Å². The van der Waals surface area contributed by atoms with E-state index in [1.165, 1.54) is 7.11 Å². The molecule has 5 heteroatoms. The van der Waals surface area contributed by atoms with Gasteiger partial charge >= 0.3 is 5.97 Å². The maximum atomic E-state index is 11.5. The molecule has 0 aliphatic carbocycles. The Bertz CT molecular complexity index is 993. The first-order valence-corrected chi connectivity index (χ1v) is 8.15. The van der Waals surface area contributed by atoms with Crippen LogP contribution in [0.4, 0.5) is 0 Å². The van der Waals surface area contributed by atoms with E-state index < -0.39 is 0 Å². The van der Waals surface area contributed by atoms with Gasteiger partial charge in [0, 0.05) is 10.6 Å². The minimum Gasteiger partial charge on any atom is -0.465 e. The number of hydrogen-bond donors (Lipinski definition) is 0. The summed E-state index contributed by atoms with van der Waals surface area (Å²) >= 11 is 5.88. The summed E-state index contributed by atoms with van der Waals surface area (Å²) in [5.41, 5.74) is 2.53. The molecule has 0 saturated carbocycles. The lowest BCUT2D eigenvalue weighted by molar-refractivity contribution is 0.0600. The average Bonchev–Trinajstić information content (AvgIpc) is 3.15. The van der Waals surface area contributed by atoms with Gasteiger partial charge in [-0.25, -0.2) is 4.79 Å². The molecule has 0 saturated heterocycles. The van der Waals surface area contributed by atoms with Crippen LogP contribution >= 0.6 is 11.6 Å². The van der Waals surface area contributed by atoms with Gasteiger partial charge in [-0.3, -0.25) is 0 Å². The first-order valence-electron chi connectivity index (χ1n) is 7.77. The van der Waals surface area contributed by atoms with Gasteiger partial charge in [0.2, 0.25) is 0 Å². The van der Waals surface area contributed by atoms with Crippen molar-refractivity contribution in [3.05, 3.63) is 82.6 Å². The molecule has 1 heterocycles. The third kappa shape index (κ3) is 3.85. The van der Waals surface area contributed by atoms with Gasteiger partial charge < -0.3 is 9.15 Å². The van der Waals surface area contributed by atoms with Crippen molar-refractivity contribution < 1.29 is 13.9 Å². The second-order valence-electron chi connectivity index (χ2n) is 5.45. The molecule has 26 heavy (non-hydrogen) atoms. The second-order valence-corrected chi connectivity index (χ2v) is 5.88. The molecule has 4 nitrogen and oxygen atoms in total. The van der Waals surface area contributed by atoms with Crippen molar-refractivity contribution in [3.8, 4) is 17.4 Å². The summed E-state index contributed by atoms with van der Waals surface area (Å²) in [6.07, 6.45) is 1.68. The van der Waals surface area contributed by atoms with Crippen molar-refractivity contribution in [2.24, 2.45) is 0 Å². The lowest BCUT2D eigenvalue weighted by atomic mass is 10.1. The van der Waals surface area contributed by atoms with Gasteiger partial charge in [0.1, 0.15) is 11.5 Å². The molecule has 0 aliphatic heterocycles. The van der Waals surface area contributed by atoms with E-state index in [0.717, 1.165) is 11.1 Å². The second kappa shape index (κ2) is 7.73. The fourth-order valence-electron chi connectivity index (χ4n) is 2.43. The zero-order chi connectivity index (χ0) is 18.5. The monoisotopic (exact) mass is 363 g/mol. The van der Waals surface area contributed by atoms with Crippen LogP contribution in [-0.4, -0.2) is 13.1 Å². The van der Waals surface area contributed by atoms with Gasteiger partial charge in [0.15, 0.2) is 0 Å². The summed E-state index contributed by atoms with van der Waals surface area (Å²) in [5.74, 6) is 0.811.